The number of aryl methyl sites for hydroxylation is 1. The minimum atomic E-state index is -1.06. The van der Waals surface area contributed by atoms with Gasteiger partial charge in [0.25, 0.3) is 0 Å². The lowest BCUT2D eigenvalue weighted by Gasteiger charge is -2.22. The van der Waals surface area contributed by atoms with Crippen LogP contribution in [-0.4, -0.2) is 41.1 Å². The van der Waals surface area contributed by atoms with E-state index in [4.69, 9.17) is 9.84 Å². The van der Waals surface area contributed by atoms with Crippen LogP contribution in [0.1, 0.15) is 24.0 Å². The molecule has 0 spiro atoms. The molecule has 1 aliphatic rings. The molecule has 1 N–H and O–H groups in total. The number of amides is 1. The van der Waals surface area contributed by atoms with Gasteiger partial charge in [-0.05, 0) is 25.3 Å². The quantitative estimate of drug-likeness (QED) is 0.822. The van der Waals surface area contributed by atoms with Gasteiger partial charge in [-0.1, -0.05) is 29.8 Å². The van der Waals surface area contributed by atoms with Crippen molar-refractivity contribution in [3.05, 3.63) is 35.4 Å². The van der Waals surface area contributed by atoms with E-state index in [1.54, 1.807) is 4.90 Å². The summed E-state index contributed by atoms with van der Waals surface area (Å²) < 4.78 is 4.88. The van der Waals surface area contributed by atoms with Crippen LogP contribution in [0.3, 0.4) is 0 Å². The standard InChI is InChI=1S/C15H19NO4/c1-11-2-4-12(5-3-11)8-16(13-6-7-13)14(17)9-20-10-15(18)19/h2-5,13H,6-10H2,1H3,(H,18,19). The van der Waals surface area contributed by atoms with Gasteiger partial charge in [-0.15, -0.1) is 0 Å². The van der Waals surface area contributed by atoms with Gasteiger partial charge in [0.15, 0.2) is 0 Å². The molecule has 0 bridgehead atoms. The lowest BCUT2D eigenvalue weighted by atomic mass is 10.1. The molecule has 5 nitrogen and oxygen atoms in total. The van der Waals surface area contributed by atoms with Gasteiger partial charge in [0, 0.05) is 12.6 Å². The van der Waals surface area contributed by atoms with Crippen LogP contribution in [0, 0.1) is 6.92 Å². The minimum absolute atomic E-state index is 0.144. The van der Waals surface area contributed by atoms with Crippen molar-refractivity contribution in [3.63, 3.8) is 0 Å². The van der Waals surface area contributed by atoms with Gasteiger partial charge in [-0.3, -0.25) is 4.79 Å². The molecule has 1 amide bonds. The fraction of sp³-hybridized carbons (Fsp3) is 0.467. The Morgan fingerprint density at radius 1 is 1.25 bits per heavy atom. The second kappa shape index (κ2) is 6.52. The van der Waals surface area contributed by atoms with Crippen molar-refractivity contribution in [1.29, 1.82) is 0 Å². The molecule has 1 saturated carbocycles. The Hall–Kier alpha value is -1.88. The molecule has 0 atom stereocenters. The van der Waals surface area contributed by atoms with Gasteiger partial charge in [-0.2, -0.15) is 0 Å². The molecule has 0 aromatic heterocycles. The van der Waals surface area contributed by atoms with Gasteiger partial charge in [0.2, 0.25) is 5.91 Å². The number of hydrogen-bond donors (Lipinski definition) is 1. The summed E-state index contributed by atoms with van der Waals surface area (Å²) in [6.07, 6.45) is 2.02. The first-order valence-corrected chi connectivity index (χ1v) is 6.71. The molecule has 1 fully saturated rings. The van der Waals surface area contributed by atoms with Crippen molar-refractivity contribution in [2.24, 2.45) is 0 Å². The Balaban J connectivity index is 1.91. The Morgan fingerprint density at radius 2 is 1.90 bits per heavy atom. The average molecular weight is 277 g/mol. The molecule has 1 aliphatic carbocycles. The Kier molecular flexibility index (Phi) is 4.74. The van der Waals surface area contributed by atoms with Crippen LogP contribution in [0.5, 0.6) is 0 Å². The highest BCUT2D eigenvalue weighted by molar-refractivity contribution is 5.78. The molecule has 2 rings (SSSR count). The molecular weight excluding hydrogens is 258 g/mol. The largest absolute Gasteiger partial charge is 0.480 e. The first-order chi connectivity index (χ1) is 9.56. The number of carboxylic acids is 1. The van der Waals surface area contributed by atoms with Crippen molar-refractivity contribution in [2.75, 3.05) is 13.2 Å². The van der Waals surface area contributed by atoms with E-state index in [0.717, 1.165) is 18.4 Å². The van der Waals surface area contributed by atoms with E-state index in [2.05, 4.69) is 0 Å². The number of carbonyl (C=O) groups is 2. The van der Waals surface area contributed by atoms with Crippen molar-refractivity contribution in [2.45, 2.75) is 32.4 Å². The van der Waals surface area contributed by atoms with Crippen LogP contribution < -0.4 is 0 Å². The molecule has 108 valence electrons. The second-order valence-corrected chi connectivity index (χ2v) is 5.12. The maximum atomic E-state index is 12.1. The van der Waals surface area contributed by atoms with Gasteiger partial charge in [-0.25, -0.2) is 4.79 Å². The topological polar surface area (TPSA) is 66.8 Å². The summed E-state index contributed by atoms with van der Waals surface area (Å²) in [6.45, 7) is 1.97. The van der Waals surface area contributed by atoms with Crippen LogP contribution in [0.15, 0.2) is 24.3 Å². The third kappa shape index (κ3) is 4.35. The first-order valence-electron chi connectivity index (χ1n) is 6.71. The molecule has 0 radical (unpaired) electrons. The molecule has 0 aliphatic heterocycles. The second-order valence-electron chi connectivity index (χ2n) is 5.12. The number of carboxylic acid groups (broad SMARTS) is 1. The average Bonchev–Trinajstić information content (AvgIpc) is 3.21. The Labute approximate surface area is 118 Å². The SMILES string of the molecule is Cc1ccc(CN(C(=O)COCC(=O)O)C2CC2)cc1. The van der Waals surface area contributed by atoms with Gasteiger partial charge >= 0.3 is 5.97 Å². The highest BCUT2D eigenvalue weighted by atomic mass is 16.5. The summed E-state index contributed by atoms with van der Waals surface area (Å²) in [4.78, 5) is 24.2. The van der Waals surface area contributed by atoms with Gasteiger partial charge in [0.1, 0.15) is 13.2 Å². The summed E-state index contributed by atoms with van der Waals surface area (Å²) >= 11 is 0. The molecule has 5 heteroatoms. The fourth-order valence-electron chi connectivity index (χ4n) is 2.01. The van der Waals surface area contributed by atoms with E-state index in [-0.39, 0.29) is 18.6 Å². The first kappa shape index (κ1) is 14.5. The van der Waals surface area contributed by atoms with Crippen molar-refractivity contribution in [1.82, 2.24) is 4.90 Å². The maximum absolute atomic E-state index is 12.1. The van der Waals surface area contributed by atoms with Gasteiger partial charge < -0.3 is 14.7 Å². The summed E-state index contributed by atoms with van der Waals surface area (Å²) in [7, 11) is 0. The summed E-state index contributed by atoms with van der Waals surface area (Å²) in [5, 5.41) is 8.50. The lowest BCUT2D eigenvalue weighted by Crippen LogP contribution is -2.35. The van der Waals surface area contributed by atoms with E-state index in [0.29, 0.717) is 6.54 Å². The number of rotatable bonds is 7. The predicted molar refractivity (Wildman–Crippen MR) is 73.2 cm³/mol. The fourth-order valence-corrected chi connectivity index (χ4v) is 2.01. The zero-order valence-electron chi connectivity index (χ0n) is 11.5. The summed E-state index contributed by atoms with van der Waals surface area (Å²) in [6, 6.07) is 8.33. The minimum Gasteiger partial charge on any atom is -0.480 e. The van der Waals surface area contributed by atoms with E-state index in [1.807, 2.05) is 31.2 Å². The smallest absolute Gasteiger partial charge is 0.329 e. The van der Waals surface area contributed by atoms with Crippen LogP contribution in [-0.2, 0) is 20.9 Å². The predicted octanol–water partition coefficient (Wildman–Crippen LogP) is 1.59. The van der Waals surface area contributed by atoms with Crippen molar-refractivity contribution in [3.8, 4) is 0 Å². The van der Waals surface area contributed by atoms with Crippen molar-refractivity contribution >= 4 is 11.9 Å². The molecule has 0 heterocycles. The molecule has 0 saturated heterocycles. The Bertz CT molecular complexity index is 479. The van der Waals surface area contributed by atoms with Crippen LogP contribution in [0.4, 0.5) is 0 Å². The normalized spacial score (nSPS) is 14.1. The van der Waals surface area contributed by atoms with E-state index < -0.39 is 12.6 Å². The number of aliphatic carboxylic acids is 1. The molecule has 0 unspecified atom stereocenters. The summed E-state index contributed by atoms with van der Waals surface area (Å²) in [5.74, 6) is -1.20. The molecular formula is C15H19NO4. The highest BCUT2D eigenvalue weighted by Crippen LogP contribution is 2.28. The third-order valence-corrected chi connectivity index (χ3v) is 3.23. The maximum Gasteiger partial charge on any atom is 0.329 e. The van der Waals surface area contributed by atoms with Crippen LogP contribution in [0.25, 0.3) is 0 Å². The highest BCUT2D eigenvalue weighted by Gasteiger charge is 2.32. The van der Waals surface area contributed by atoms with E-state index >= 15 is 0 Å². The zero-order chi connectivity index (χ0) is 14.5. The number of benzene rings is 1. The van der Waals surface area contributed by atoms with Crippen LogP contribution >= 0.6 is 0 Å². The third-order valence-electron chi connectivity index (χ3n) is 3.23. The van der Waals surface area contributed by atoms with E-state index in [9.17, 15) is 9.59 Å². The number of carbonyl (C=O) groups excluding carboxylic acids is 1. The van der Waals surface area contributed by atoms with E-state index in [1.165, 1.54) is 5.56 Å². The number of nitrogens with zero attached hydrogens (tertiary/aromatic N) is 1. The Morgan fingerprint density at radius 3 is 2.45 bits per heavy atom. The number of hydrogen-bond acceptors (Lipinski definition) is 3. The summed E-state index contributed by atoms with van der Waals surface area (Å²) in [5.41, 5.74) is 2.26. The monoisotopic (exact) mass is 277 g/mol. The van der Waals surface area contributed by atoms with Crippen LogP contribution in [0.2, 0.25) is 0 Å². The molecule has 1 aromatic carbocycles. The number of ether oxygens (including phenoxy) is 1. The van der Waals surface area contributed by atoms with Crippen molar-refractivity contribution < 1.29 is 19.4 Å². The van der Waals surface area contributed by atoms with Gasteiger partial charge in [0.05, 0.1) is 0 Å². The lowest BCUT2D eigenvalue weighted by molar-refractivity contribution is -0.146. The molecule has 20 heavy (non-hydrogen) atoms. The molecule has 1 aromatic rings. The zero-order valence-corrected chi connectivity index (χ0v) is 11.5.